The molecule has 0 aromatic carbocycles. The van der Waals surface area contributed by atoms with Gasteiger partial charge in [-0.1, -0.05) is 0 Å². The molecule has 0 aliphatic carbocycles. The van der Waals surface area contributed by atoms with Crippen molar-refractivity contribution in [2.45, 2.75) is 50.4 Å². The summed E-state index contributed by atoms with van der Waals surface area (Å²) in [5.41, 5.74) is 0. The van der Waals surface area contributed by atoms with E-state index < -0.39 is 0 Å². The third-order valence-corrected chi connectivity index (χ3v) is 4.48. The van der Waals surface area contributed by atoms with Crippen molar-refractivity contribution in [1.29, 1.82) is 0 Å². The van der Waals surface area contributed by atoms with Gasteiger partial charge in [-0.05, 0) is 38.6 Å². The maximum atomic E-state index is 5.94. The van der Waals surface area contributed by atoms with Gasteiger partial charge in [-0.15, -0.1) is 0 Å². The van der Waals surface area contributed by atoms with Crippen molar-refractivity contribution >= 4 is 0 Å². The Morgan fingerprint density at radius 1 is 1.00 bits per heavy atom. The number of morpholine rings is 1. The van der Waals surface area contributed by atoms with Crippen molar-refractivity contribution in [2.24, 2.45) is 0 Å². The largest absolute Gasteiger partial charge is 0.377 e. The zero-order valence-electron chi connectivity index (χ0n) is 11.3. The molecule has 0 radical (unpaired) electrons. The number of nitrogens with zero attached hydrogens (tertiary/aromatic N) is 1. The molecule has 3 fully saturated rings. The highest BCUT2D eigenvalue weighted by molar-refractivity contribution is 4.86. The van der Waals surface area contributed by atoms with E-state index >= 15 is 0 Å². The lowest BCUT2D eigenvalue weighted by molar-refractivity contribution is -0.0493. The number of ether oxygens (including phenoxy) is 2. The number of fused-ring (bicyclic) bond motifs is 1. The predicted molar refractivity (Wildman–Crippen MR) is 70.8 cm³/mol. The molecule has 0 amide bonds. The minimum atomic E-state index is 0.378. The van der Waals surface area contributed by atoms with Gasteiger partial charge in [0.1, 0.15) is 0 Å². The van der Waals surface area contributed by atoms with E-state index in [-0.39, 0.29) is 0 Å². The molecule has 3 heterocycles. The summed E-state index contributed by atoms with van der Waals surface area (Å²) in [6.45, 7) is 6.24. The lowest BCUT2D eigenvalue weighted by atomic mass is 10.1. The average molecular weight is 254 g/mol. The van der Waals surface area contributed by atoms with E-state index in [1.807, 2.05) is 0 Å². The first-order valence-electron chi connectivity index (χ1n) is 7.60. The zero-order valence-corrected chi connectivity index (χ0v) is 11.3. The van der Waals surface area contributed by atoms with Crippen molar-refractivity contribution in [3.8, 4) is 0 Å². The van der Waals surface area contributed by atoms with E-state index in [1.54, 1.807) is 0 Å². The number of nitrogens with one attached hydrogen (secondary N) is 1. The summed E-state index contributed by atoms with van der Waals surface area (Å²) in [6.07, 6.45) is 7.26. The van der Waals surface area contributed by atoms with E-state index in [2.05, 4.69) is 10.2 Å². The van der Waals surface area contributed by atoms with Crippen LogP contribution < -0.4 is 5.32 Å². The topological polar surface area (TPSA) is 33.7 Å². The quantitative estimate of drug-likeness (QED) is 0.812. The van der Waals surface area contributed by atoms with Crippen LogP contribution in [0.25, 0.3) is 0 Å². The molecule has 0 aromatic heterocycles. The highest BCUT2D eigenvalue weighted by Crippen LogP contribution is 2.22. The van der Waals surface area contributed by atoms with E-state index in [4.69, 9.17) is 9.47 Å². The Morgan fingerprint density at radius 2 is 1.94 bits per heavy atom. The van der Waals surface area contributed by atoms with Gasteiger partial charge in [0.15, 0.2) is 0 Å². The van der Waals surface area contributed by atoms with Crippen molar-refractivity contribution in [1.82, 2.24) is 10.2 Å². The lowest BCUT2D eigenvalue weighted by Crippen LogP contribution is -2.50. The zero-order chi connectivity index (χ0) is 12.2. The predicted octanol–water partition coefficient (Wildman–Crippen LogP) is 1.01. The van der Waals surface area contributed by atoms with Gasteiger partial charge in [-0.2, -0.15) is 0 Å². The van der Waals surface area contributed by atoms with Crippen molar-refractivity contribution in [2.75, 3.05) is 39.4 Å². The van der Waals surface area contributed by atoms with E-state index in [9.17, 15) is 0 Å². The third-order valence-electron chi connectivity index (χ3n) is 4.48. The molecule has 4 nitrogen and oxygen atoms in total. The van der Waals surface area contributed by atoms with Crippen LogP contribution in [0.2, 0.25) is 0 Å². The summed E-state index contributed by atoms with van der Waals surface area (Å²) in [6, 6.07) is 0.711. The molecule has 3 rings (SSSR count). The monoisotopic (exact) mass is 254 g/mol. The fraction of sp³-hybridized carbons (Fsp3) is 1.00. The van der Waals surface area contributed by atoms with Crippen LogP contribution >= 0.6 is 0 Å². The Morgan fingerprint density at radius 3 is 2.83 bits per heavy atom. The molecule has 4 heteroatoms. The lowest BCUT2D eigenvalue weighted by Gasteiger charge is -2.35. The van der Waals surface area contributed by atoms with Gasteiger partial charge >= 0.3 is 0 Å². The molecule has 3 atom stereocenters. The Bertz CT molecular complexity index is 256. The van der Waals surface area contributed by atoms with E-state index in [0.717, 1.165) is 32.8 Å². The van der Waals surface area contributed by atoms with Crippen molar-refractivity contribution < 1.29 is 9.47 Å². The standard InChI is InChI=1S/C14H26N2O2/c1-2-7-17-13(5-1)8-15-9-14-10-16-6-3-4-12(16)11-18-14/h12-15H,1-11H2. The average Bonchev–Trinajstić information content (AvgIpc) is 2.87. The summed E-state index contributed by atoms with van der Waals surface area (Å²) in [7, 11) is 0. The minimum absolute atomic E-state index is 0.378. The Hall–Kier alpha value is -0.160. The molecule has 3 aliphatic heterocycles. The van der Waals surface area contributed by atoms with Gasteiger partial charge in [0, 0.05) is 32.3 Å². The van der Waals surface area contributed by atoms with Gasteiger partial charge in [0.2, 0.25) is 0 Å². The molecule has 3 aliphatic rings. The van der Waals surface area contributed by atoms with Crippen LogP contribution in [0.4, 0.5) is 0 Å². The molecule has 1 N–H and O–H groups in total. The van der Waals surface area contributed by atoms with Gasteiger partial charge in [-0.3, -0.25) is 4.90 Å². The van der Waals surface area contributed by atoms with E-state index in [0.29, 0.717) is 18.2 Å². The molecule has 0 saturated carbocycles. The van der Waals surface area contributed by atoms with Crippen LogP contribution in [-0.4, -0.2) is 62.5 Å². The number of hydrogen-bond acceptors (Lipinski definition) is 4. The highest BCUT2D eigenvalue weighted by atomic mass is 16.5. The van der Waals surface area contributed by atoms with Gasteiger partial charge in [-0.25, -0.2) is 0 Å². The fourth-order valence-corrected chi connectivity index (χ4v) is 3.38. The summed E-state index contributed by atoms with van der Waals surface area (Å²) >= 11 is 0. The van der Waals surface area contributed by atoms with Crippen LogP contribution in [0.15, 0.2) is 0 Å². The van der Waals surface area contributed by atoms with E-state index in [1.165, 1.54) is 38.6 Å². The second kappa shape index (κ2) is 6.33. The second-order valence-electron chi connectivity index (χ2n) is 5.89. The smallest absolute Gasteiger partial charge is 0.0827 e. The molecule has 18 heavy (non-hydrogen) atoms. The Labute approximate surface area is 110 Å². The Kier molecular flexibility index (Phi) is 4.52. The molecule has 0 bridgehead atoms. The first-order valence-corrected chi connectivity index (χ1v) is 7.60. The minimum Gasteiger partial charge on any atom is -0.377 e. The molecule has 0 aromatic rings. The normalized spacial score (nSPS) is 37.7. The maximum absolute atomic E-state index is 5.94. The first-order chi connectivity index (χ1) is 8.92. The summed E-state index contributed by atoms with van der Waals surface area (Å²) in [5.74, 6) is 0. The van der Waals surface area contributed by atoms with Gasteiger partial charge in [0.25, 0.3) is 0 Å². The molecule has 3 unspecified atom stereocenters. The highest BCUT2D eigenvalue weighted by Gasteiger charge is 2.31. The second-order valence-corrected chi connectivity index (χ2v) is 5.89. The third kappa shape index (κ3) is 3.23. The SMILES string of the molecule is C1CCC(CNCC2CN3CCCC3CO2)OC1. The van der Waals surface area contributed by atoms with Crippen LogP contribution in [0, 0.1) is 0 Å². The van der Waals surface area contributed by atoms with Crippen LogP contribution in [0.1, 0.15) is 32.1 Å². The summed E-state index contributed by atoms with van der Waals surface area (Å²) < 4.78 is 11.7. The Balaban J connectivity index is 1.33. The van der Waals surface area contributed by atoms with Crippen LogP contribution in [0.3, 0.4) is 0 Å². The molecule has 3 saturated heterocycles. The van der Waals surface area contributed by atoms with Gasteiger partial charge < -0.3 is 14.8 Å². The summed E-state index contributed by atoms with van der Waals surface area (Å²) in [5, 5.41) is 3.53. The molecular weight excluding hydrogens is 228 g/mol. The van der Waals surface area contributed by atoms with Gasteiger partial charge in [0.05, 0.1) is 18.8 Å². The van der Waals surface area contributed by atoms with Crippen molar-refractivity contribution in [3.05, 3.63) is 0 Å². The first kappa shape index (κ1) is 12.9. The number of rotatable bonds is 4. The number of hydrogen-bond donors (Lipinski definition) is 1. The maximum Gasteiger partial charge on any atom is 0.0827 e. The van der Waals surface area contributed by atoms with Crippen LogP contribution in [0.5, 0.6) is 0 Å². The van der Waals surface area contributed by atoms with Crippen molar-refractivity contribution in [3.63, 3.8) is 0 Å². The fourth-order valence-electron chi connectivity index (χ4n) is 3.38. The molecular formula is C14H26N2O2. The molecule has 0 spiro atoms. The van der Waals surface area contributed by atoms with Crippen LogP contribution in [-0.2, 0) is 9.47 Å². The summed E-state index contributed by atoms with van der Waals surface area (Å²) in [4.78, 5) is 2.60. The molecule has 104 valence electrons.